The SMILES string of the molecule is CC(C)(C)C1CCN(C(=N)c2ccccc2)CC1. The molecule has 1 aliphatic rings. The number of nitrogens with one attached hydrogen (secondary N) is 1. The number of nitrogens with zero attached hydrogens (tertiary/aromatic N) is 1. The minimum Gasteiger partial charge on any atom is -0.357 e. The Morgan fingerprint density at radius 3 is 2.17 bits per heavy atom. The first kappa shape index (κ1) is 13.1. The topological polar surface area (TPSA) is 27.1 Å². The van der Waals surface area contributed by atoms with Crippen molar-refractivity contribution in [1.29, 1.82) is 5.41 Å². The highest BCUT2D eigenvalue weighted by Crippen LogP contribution is 2.34. The first-order valence-electron chi connectivity index (χ1n) is 6.87. The zero-order valence-corrected chi connectivity index (χ0v) is 11.7. The van der Waals surface area contributed by atoms with Gasteiger partial charge in [-0.1, -0.05) is 51.1 Å². The molecule has 1 aromatic rings. The van der Waals surface area contributed by atoms with Crippen molar-refractivity contribution in [1.82, 2.24) is 4.90 Å². The third-order valence-electron chi connectivity index (χ3n) is 4.08. The molecule has 0 bridgehead atoms. The maximum atomic E-state index is 8.27. The van der Waals surface area contributed by atoms with Crippen LogP contribution in [0.3, 0.4) is 0 Å². The van der Waals surface area contributed by atoms with Crippen LogP contribution in [0.1, 0.15) is 39.2 Å². The third kappa shape index (κ3) is 2.92. The first-order valence-corrected chi connectivity index (χ1v) is 6.87. The summed E-state index contributed by atoms with van der Waals surface area (Å²) in [4.78, 5) is 2.22. The summed E-state index contributed by atoms with van der Waals surface area (Å²) in [5.41, 5.74) is 1.44. The first-order chi connectivity index (χ1) is 8.48. The van der Waals surface area contributed by atoms with Crippen molar-refractivity contribution < 1.29 is 0 Å². The van der Waals surface area contributed by atoms with E-state index in [1.807, 2.05) is 30.3 Å². The lowest BCUT2D eigenvalue weighted by Gasteiger charge is -2.39. The molecule has 0 amide bonds. The molecule has 0 unspecified atom stereocenters. The van der Waals surface area contributed by atoms with Crippen LogP contribution in [-0.4, -0.2) is 23.8 Å². The quantitative estimate of drug-likeness (QED) is 0.591. The summed E-state index contributed by atoms with van der Waals surface area (Å²) in [6.07, 6.45) is 2.41. The summed E-state index contributed by atoms with van der Waals surface area (Å²) in [7, 11) is 0. The lowest BCUT2D eigenvalue weighted by atomic mass is 9.75. The second-order valence-corrected chi connectivity index (χ2v) is 6.34. The molecule has 0 aliphatic carbocycles. The monoisotopic (exact) mass is 244 g/mol. The van der Waals surface area contributed by atoms with Crippen LogP contribution in [0, 0.1) is 16.7 Å². The molecule has 18 heavy (non-hydrogen) atoms. The fourth-order valence-corrected chi connectivity index (χ4v) is 2.75. The molecule has 1 heterocycles. The highest BCUT2D eigenvalue weighted by Gasteiger charge is 2.29. The van der Waals surface area contributed by atoms with Crippen LogP contribution in [-0.2, 0) is 0 Å². The van der Waals surface area contributed by atoms with Crippen LogP contribution in [0.2, 0.25) is 0 Å². The molecule has 2 nitrogen and oxygen atoms in total. The maximum Gasteiger partial charge on any atom is 0.128 e. The lowest BCUT2D eigenvalue weighted by Crippen LogP contribution is -2.41. The van der Waals surface area contributed by atoms with Gasteiger partial charge in [-0.25, -0.2) is 0 Å². The number of likely N-dealkylation sites (tertiary alicyclic amines) is 1. The predicted octanol–water partition coefficient (Wildman–Crippen LogP) is 3.77. The molecule has 2 rings (SSSR count). The van der Waals surface area contributed by atoms with E-state index >= 15 is 0 Å². The Balaban J connectivity index is 1.96. The third-order valence-corrected chi connectivity index (χ3v) is 4.08. The minimum absolute atomic E-state index is 0.404. The molecule has 98 valence electrons. The van der Waals surface area contributed by atoms with Crippen LogP contribution < -0.4 is 0 Å². The molecule has 1 aromatic carbocycles. The molecular formula is C16H24N2. The van der Waals surface area contributed by atoms with Gasteiger partial charge in [0, 0.05) is 18.7 Å². The fraction of sp³-hybridized carbons (Fsp3) is 0.562. The molecule has 1 fully saturated rings. The summed E-state index contributed by atoms with van der Waals surface area (Å²) in [6.45, 7) is 9.03. The summed E-state index contributed by atoms with van der Waals surface area (Å²) < 4.78 is 0. The van der Waals surface area contributed by atoms with Gasteiger partial charge in [0.25, 0.3) is 0 Å². The minimum atomic E-state index is 0.404. The van der Waals surface area contributed by atoms with Crippen molar-refractivity contribution in [2.45, 2.75) is 33.6 Å². The number of amidine groups is 1. The van der Waals surface area contributed by atoms with Crippen LogP contribution in [0.15, 0.2) is 30.3 Å². The Morgan fingerprint density at radius 2 is 1.67 bits per heavy atom. The summed E-state index contributed by atoms with van der Waals surface area (Å²) in [5, 5.41) is 8.27. The van der Waals surface area contributed by atoms with Crippen LogP contribution >= 0.6 is 0 Å². The lowest BCUT2D eigenvalue weighted by molar-refractivity contribution is 0.149. The number of benzene rings is 1. The summed E-state index contributed by atoms with van der Waals surface area (Å²) >= 11 is 0. The second-order valence-electron chi connectivity index (χ2n) is 6.34. The van der Waals surface area contributed by atoms with Gasteiger partial charge in [-0.2, -0.15) is 0 Å². The van der Waals surface area contributed by atoms with Gasteiger partial charge in [-0.3, -0.25) is 5.41 Å². The zero-order chi connectivity index (χ0) is 13.2. The van der Waals surface area contributed by atoms with Gasteiger partial charge in [0.2, 0.25) is 0 Å². The van der Waals surface area contributed by atoms with Gasteiger partial charge >= 0.3 is 0 Å². The Morgan fingerprint density at radius 1 is 1.11 bits per heavy atom. The van der Waals surface area contributed by atoms with E-state index in [0.717, 1.165) is 24.6 Å². The van der Waals surface area contributed by atoms with Gasteiger partial charge in [0.1, 0.15) is 5.84 Å². The maximum absolute atomic E-state index is 8.27. The number of hydrogen-bond acceptors (Lipinski definition) is 1. The van der Waals surface area contributed by atoms with Crippen molar-refractivity contribution >= 4 is 5.84 Å². The number of hydrogen-bond donors (Lipinski definition) is 1. The highest BCUT2D eigenvalue weighted by atomic mass is 15.2. The van der Waals surface area contributed by atoms with E-state index in [2.05, 4.69) is 25.7 Å². The molecule has 0 atom stereocenters. The Labute approximate surface area is 111 Å². The zero-order valence-electron chi connectivity index (χ0n) is 11.7. The fourth-order valence-electron chi connectivity index (χ4n) is 2.75. The summed E-state index contributed by atoms with van der Waals surface area (Å²) in [5.74, 6) is 1.47. The molecule has 0 aromatic heterocycles. The molecule has 0 radical (unpaired) electrons. The van der Waals surface area contributed by atoms with E-state index in [0.29, 0.717) is 11.3 Å². The molecule has 2 heteroatoms. The van der Waals surface area contributed by atoms with Crippen LogP contribution in [0.4, 0.5) is 0 Å². The molecule has 1 saturated heterocycles. The van der Waals surface area contributed by atoms with Gasteiger partial charge in [-0.15, -0.1) is 0 Å². The standard InChI is InChI=1S/C16H24N2/c1-16(2,3)14-9-11-18(12-10-14)15(17)13-7-5-4-6-8-13/h4-8,14,17H,9-12H2,1-3H3. The van der Waals surface area contributed by atoms with Crippen molar-refractivity contribution in [3.05, 3.63) is 35.9 Å². The second kappa shape index (κ2) is 5.13. The molecule has 1 N–H and O–H groups in total. The van der Waals surface area contributed by atoms with Crippen molar-refractivity contribution in [2.75, 3.05) is 13.1 Å². The molecular weight excluding hydrogens is 220 g/mol. The van der Waals surface area contributed by atoms with E-state index in [1.54, 1.807) is 0 Å². The van der Waals surface area contributed by atoms with Gasteiger partial charge in [0.15, 0.2) is 0 Å². The van der Waals surface area contributed by atoms with E-state index < -0.39 is 0 Å². The van der Waals surface area contributed by atoms with Crippen molar-refractivity contribution in [2.24, 2.45) is 11.3 Å². The van der Waals surface area contributed by atoms with Crippen LogP contribution in [0.5, 0.6) is 0 Å². The Bertz CT molecular complexity index is 395. The van der Waals surface area contributed by atoms with Gasteiger partial charge in [-0.05, 0) is 24.2 Å². The number of rotatable bonds is 1. The van der Waals surface area contributed by atoms with E-state index in [9.17, 15) is 0 Å². The Kier molecular flexibility index (Phi) is 3.74. The Hall–Kier alpha value is -1.31. The number of piperidine rings is 1. The smallest absolute Gasteiger partial charge is 0.128 e. The highest BCUT2D eigenvalue weighted by molar-refractivity contribution is 5.96. The molecule has 1 aliphatic heterocycles. The van der Waals surface area contributed by atoms with Gasteiger partial charge < -0.3 is 4.90 Å². The van der Waals surface area contributed by atoms with E-state index in [4.69, 9.17) is 5.41 Å². The average Bonchev–Trinajstić information content (AvgIpc) is 2.38. The summed E-state index contributed by atoms with van der Waals surface area (Å²) in [6, 6.07) is 10.1. The largest absolute Gasteiger partial charge is 0.357 e. The normalized spacial score (nSPS) is 17.8. The molecule has 0 spiro atoms. The van der Waals surface area contributed by atoms with Gasteiger partial charge in [0.05, 0.1) is 0 Å². The molecule has 0 saturated carbocycles. The van der Waals surface area contributed by atoms with Crippen LogP contribution in [0.25, 0.3) is 0 Å². The average molecular weight is 244 g/mol. The van der Waals surface area contributed by atoms with Crippen molar-refractivity contribution in [3.8, 4) is 0 Å². The van der Waals surface area contributed by atoms with Crippen molar-refractivity contribution in [3.63, 3.8) is 0 Å². The van der Waals surface area contributed by atoms with E-state index in [1.165, 1.54) is 12.8 Å². The van der Waals surface area contributed by atoms with E-state index in [-0.39, 0.29) is 0 Å². The predicted molar refractivity (Wildman–Crippen MR) is 77.0 cm³/mol.